The number of hydrogen-bond acceptors (Lipinski definition) is 4. The molecule has 1 aromatic carbocycles. The van der Waals surface area contributed by atoms with Crippen LogP contribution in [0, 0.1) is 17.8 Å². The lowest BCUT2D eigenvalue weighted by atomic mass is 9.53. The van der Waals surface area contributed by atoms with E-state index in [1.807, 2.05) is 18.2 Å². The van der Waals surface area contributed by atoms with Crippen LogP contribution in [0.15, 0.2) is 18.2 Å². The third-order valence-corrected chi connectivity index (χ3v) is 6.70. The van der Waals surface area contributed by atoms with E-state index in [1.165, 1.54) is 19.3 Å². The molecule has 1 N–H and O–H groups in total. The molecule has 0 spiro atoms. The fourth-order valence-corrected chi connectivity index (χ4v) is 6.13. The predicted molar refractivity (Wildman–Crippen MR) is 102 cm³/mol. The highest BCUT2D eigenvalue weighted by atomic mass is 16.6. The Labute approximate surface area is 160 Å². The summed E-state index contributed by atoms with van der Waals surface area (Å²) in [7, 11) is 1.61. The maximum absolute atomic E-state index is 12.7. The molecule has 4 aliphatic carbocycles. The molecule has 0 aromatic heterocycles. The number of fused-ring (bicyclic) bond motifs is 1. The molecule has 5 heteroatoms. The summed E-state index contributed by atoms with van der Waals surface area (Å²) in [5.74, 6) is 4.41. The molecule has 27 heavy (non-hydrogen) atoms. The fraction of sp³-hybridized carbons (Fsp3) is 0.591. The Bertz CT molecular complexity index is 732. The van der Waals surface area contributed by atoms with E-state index in [0.29, 0.717) is 30.5 Å². The number of rotatable bonds is 4. The zero-order valence-electron chi connectivity index (χ0n) is 15.8. The highest BCUT2D eigenvalue weighted by molar-refractivity contribution is 5.92. The van der Waals surface area contributed by atoms with E-state index in [4.69, 9.17) is 14.2 Å². The molecule has 0 atom stereocenters. The first-order valence-electron chi connectivity index (χ1n) is 10.1. The number of nitrogens with one attached hydrogen (secondary N) is 1. The summed E-state index contributed by atoms with van der Waals surface area (Å²) < 4.78 is 16.7. The van der Waals surface area contributed by atoms with Crippen LogP contribution in [0.1, 0.15) is 44.1 Å². The highest BCUT2D eigenvalue weighted by Gasteiger charge is 2.51. The van der Waals surface area contributed by atoms with Crippen molar-refractivity contribution in [3.8, 4) is 17.2 Å². The van der Waals surface area contributed by atoms with E-state index in [2.05, 4.69) is 5.32 Å². The first kappa shape index (κ1) is 17.0. The lowest BCUT2D eigenvalue weighted by Crippen LogP contribution is -2.59. The average Bonchev–Trinajstić information content (AvgIpc) is 2.64. The number of hydrogen-bond donors (Lipinski definition) is 1. The molecule has 1 aliphatic heterocycles. The second-order valence-corrected chi connectivity index (χ2v) is 8.77. The molecular weight excluding hydrogens is 342 g/mol. The molecular formula is C22H27NO4. The van der Waals surface area contributed by atoms with Gasteiger partial charge in [0.05, 0.1) is 7.11 Å². The van der Waals surface area contributed by atoms with E-state index in [9.17, 15) is 4.79 Å². The molecule has 1 heterocycles. The Morgan fingerprint density at radius 1 is 1.11 bits per heavy atom. The van der Waals surface area contributed by atoms with Crippen molar-refractivity contribution in [2.45, 2.75) is 44.1 Å². The number of benzene rings is 1. The van der Waals surface area contributed by atoms with Gasteiger partial charge in [0.15, 0.2) is 11.5 Å². The number of carbonyl (C=O) groups is 1. The summed E-state index contributed by atoms with van der Waals surface area (Å²) in [5, 5.41) is 3.37. The molecule has 4 fully saturated rings. The minimum absolute atomic E-state index is 0.00538. The van der Waals surface area contributed by atoms with Gasteiger partial charge in [0.25, 0.3) is 0 Å². The Balaban J connectivity index is 1.30. The molecule has 4 bridgehead atoms. The van der Waals surface area contributed by atoms with E-state index in [-0.39, 0.29) is 11.4 Å². The lowest BCUT2D eigenvalue weighted by molar-refractivity contribution is -0.122. The van der Waals surface area contributed by atoms with E-state index in [0.717, 1.165) is 42.6 Å². The van der Waals surface area contributed by atoms with Crippen LogP contribution in [0.3, 0.4) is 0 Å². The summed E-state index contributed by atoms with van der Waals surface area (Å²) in [6.45, 7) is 1.04. The van der Waals surface area contributed by atoms with Crippen molar-refractivity contribution in [1.82, 2.24) is 5.32 Å². The van der Waals surface area contributed by atoms with E-state index >= 15 is 0 Å². The molecule has 6 rings (SSSR count). The summed E-state index contributed by atoms with van der Waals surface area (Å²) in [5.41, 5.74) is 0.914. The maximum atomic E-state index is 12.7. The van der Waals surface area contributed by atoms with Crippen LogP contribution >= 0.6 is 0 Å². The summed E-state index contributed by atoms with van der Waals surface area (Å²) in [6.07, 6.45) is 11.1. The quantitative estimate of drug-likeness (QED) is 0.825. The molecule has 1 amide bonds. The second kappa shape index (κ2) is 6.47. The molecule has 144 valence electrons. The summed E-state index contributed by atoms with van der Waals surface area (Å²) >= 11 is 0. The lowest BCUT2D eigenvalue weighted by Gasteiger charge is -2.56. The molecule has 4 saturated carbocycles. The van der Waals surface area contributed by atoms with Crippen molar-refractivity contribution in [2.75, 3.05) is 20.3 Å². The maximum Gasteiger partial charge on any atom is 0.244 e. The van der Waals surface area contributed by atoms with Gasteiger partial charge in [-0.15, -0.1) is 0 Å². The molecule has 0 saturated heterocycles. The van der Waals surface area contributed by atoms with Crippen LogP contribution < -0.4 is 19.5 Å². The van der Waals surface area contributed by atoms with Crippen molar-refractivity contribution >= 4 is 12.0 Å². The Morgan fingerprint density at radius 2 is 1.78 bits per heavy atom. The third kappa shape index (κ3) is 3.17. The largest absolute Gasteiger partial charge is 0.493 e. The van der Waals surface area contributed by atoms with Crippen molar-refractivity contribution < 1.29 is 19.0 Å². The van der Waals surface area contributed by atoms with Crippen LogP contribution in [-0.4, -0.2) is 31.8 Å². The van der Waals surface area contributed by atoms with Gasteiger partial charge in [0, 0.05) is 11.6 Å². The van der Waals surface area contributed by atoms with Gasteiger partial charge in [-0.3, -0.25) is 4.79 Å². The summed E-state index contributed by atoms with van der Waals surface area (Å²) in [4.78, 5) is 12.7. The minimum Gasteiger partial charge on any atom is -0.493 e. The van der Waals surface area contributed by atoms with Crippen molar-refractivity contribution in [2.24, 2.45) is 17.8 Å². The number of ether oxygens (including phenoxy) is 3. The number of amides is 1. The fourth-order valence-electron chi connectivity index (χ4n) is 6.13. The van der Waals surface area contributed by atoms with Crippen LogP contribution in [0.25, 0.3) is 6.08 Å². The number of methoxy groups -OCH3 is 1. The molecule has 0 radical (unpaired) electrons. The van der Waals surface area contributed by atoms with Gasteiger partial charge in [-0.1, -0.05) is 0 Å². The third-order valence-electron chi connectivity index (χ3n) is 6.70. The van der Waals surface area contributed by atoms with Gasteiger partial charge in [-0.25, -0.2) is 0 Å². The topological polar surface area (TPSA) is 56.8 Å². The van der Waals surface area contributed by atoms with E-state index < -0.39 is 0 Å². The smallest absolute Gasteiger partial charge is 0.244 e. The minimum atomic E-state index is 0.00538. The molecule has 0 unspecified atom stereocenters. The van der Waals surface area contributed by atoms with Gasteiger partial charge >= 0.3 is 0 Å². The van der Waals surface area contributed by atoms with Crippen molar-refractivity contribution in [3.05, 3.63) is 23.8 Å². The van der Waals surface area contributed by atoms with Gasteiger partial charge in [-0.05, 0) is 80.1 Å². The highest BCUT2D eigenvalue weighted by Crippen LogP contribution is 2.55. The Morgan fingerprint density at radius 3 is 2.44 bits per heavy atom. The van der Waals surface area contributed by atoms with E-state index in [1.54, 1.807) is 13.2 Å². The number of carbonyl (C=O) groups excluding carboxylic acids is 1. The summed E-state index contributed by atoms with van der Waals surface area (Å²) in [6, 6.07) is 3.77. The van der Waals surface area contributed by atoms with Gasteiger partial charge in [-0.2, -0.15) is 0 Å². The first-order chi connectivity index (χ1) is 13.1. The standard InChI is InChI=1S/C22H27NO4/c1-25-18-9-14(10-19-21(18)27-5-4-26-19)2-3-20(24)23-22-11-15-6-16(12-22)8-17(7-15)13-22/h2-3,9-10,15-17H,4-8,11-13H2,1H3,(H,23,24)/b3-2+. The predicted octanol–water partition coefficient (Wildman–Crippen LogP) is 3.56. The molecule has 5 aliphatic rings. The molecule has 5 nitrogen and oxygen atoms in total. The van der Waals surface area contributed by atoms with Gasteiger partial charge in [0.1, 0.15) is 13.2 Å². The normalized spacial score (nSPS) is 33.3. The monoisotopic (exact) mass is 369 g/mol. The first-order valence-corrected chi connectivity index (χ1v) is 10.1. The van der Waals surface area contributed by atoms with Crippen LogP contribution in [0.2, 0.25) is 0 Å². The second-order valence-electron chi connectivity index (χ2n) is 8.77. The van der Waals surface area contributed by atoms with Crippen molar-refractivity contribution in [3.63, 3.8) is 0 Å². The van der Waals surface area contributed by atoms with Crippen molar-refractivity contribution in [1.29, 1.82) is 0 Å². The van der Waals surface area contributed by atoms with Crippen LogP contribution in [-0.2, 0) is 4.79 Å². The van der Waals surface area contributed by atoms with Crippen LogP contribution in [0.4, 0.5) is 0 Å². The Hall–Kier alpha value is -2.17. The van der Waals surface area contributed by atoms with Crippen LogP contribution in [0.5, 0.6) is 17.2 Å². The Kier molecular flexibility index (Phi) is 4.06. The average molecular weight is 369 g/mol. The molecule has 1 aromatic rings. The SMILES string of the molecule is COc1cc(/C=C/C(=O)NC23CC4CC(CC(C4)C2)C3)cc2c1OCCO2. The zero-order valence-corrected chi connectivity index (χ0v) is 15.8. The van der Waals surface area contributed by atoms with Gasteiger partial charge < -0.3 is 19.5 Å². The zero-order chi connectivity index (χ0) is 18.4. The van der Waals surface area contributed by atoms with Gasteiger partial charge in [0.2, 0.25) is 11.7 Å².